The van der Waals surface area contributed by atoms with Gasteiger partial charge in [0.15, 0.2) is 0 Å². The van der Waals surface area contributed by atoms with Gasteiger partial charge in [0.1, 0.15) is 11.5 Å². The number of halogens is 1. The van der Waals surface area contributed by atoms with Crippen LogP contribution in [0.1, 0.15) is 24.1 Å². The Morgan fingerprint density at radius 2 is 1.92 bits per heavy atom. The van der Waals surface area contributed by atoms with Crippen LogP contribution in [0.5, 0.6) is 0 Å². The second-order valence-electron chi connectivity index (χ2n) is 6.23. The first-order chi connectivity index (χ1) is 11.8. The Morgan fingerprint density at radius 3 is 2.75 bits per heavy atom. The van der Waals surface area contributed by atoms with E-state index in [4.69, 9.17) is 0 Å². The van der Waals surface area contributed by atoms with Gasteiger partial charge in [-0.15, -0.1) is 0 Å². The monoisotopic (exact) mass is 324 g/mol. The highest BCUT2D eigenvalue weighted by Crippen LogP contribution is 2.26. The third-order valence-electron chi connectivity index (χ3n) is 4.56. The average molecular weight is 324 g/mol. The summed E-state index contributed by atoms with van der Waals surface area (Å²) in [5.74, 6) is -0.137. The van der Waals surface area contributed by atoms with Crippen LogP contribution >= 0.6 is 0 Å². The molecule has 0 atom stereocenters. The quantitative estimate of drug-likeness (QED) is 0.781. The summed E-state index contributed by atoms with van der Waals surface area (Å²) in [4.78, 5) is 6.85. The first kappa shape index (κ1) is 15.1. The molecule has 0 unspecified atom stereocenters. The number of anilines is 1. The van der Waals surface area contributed by atoms with Crippen LogP contribution in [0, 0.1) is 5.82 Å². The normalized spacial score (nSPS) is 14.6. The molecule has 4 rings (SSSR count). The maximum Gasteiger partial charge on any atom is 0.137 e. The number of imidazole rings is 1. The van der Waals surface area contributed by atoms with Crippen molar-refractivity contribution in [1.29, 1.82) is 0 Å². The molecule has 0 radical (unpaired) electrons. The Morgan fingerprint density at radius 1 is 1.04 bits per heavy atom. The molecule has 5 heteroatoms. The molecule has 24 heavy (non-hydrogen) atoms. The lowest BCUT2D eigenvalue weighted by atomic mass is 10.1. The Labute approximate surface area is 140 Å². The molecule has 1 saturated heterocycles. The summed E-state index contributed by atoms with van der Waals surface area (Å²) in [6.07, 6.45) is 6.36. The van der Waals surface area contributed by atoms with Gasteiger partial charge >= 0.3 is 0 Å². The minimum Gasteiger partial charge on any atom is -0.371 e. The van der Waals surface area contributed by atoms with Crippen molar-refractivity contribution in [2.45, 2.75) is 25.9 Å². The number of aromatic nitrogens is 2. The highest BCUT2D eigenvalue weighted by molar-refractivity contribution is 5.54. The second-order valence-corrected chi connectivity index (χ2v) is 6.23. The van der Waals surface area contributed by atoms with Crippen LogP contribution < -0.4 is 10.2 Å². The van der Waals surface area contributed by atoms with E-state index in [1.54, 1.807) is 12.1 Å². The fraction of sp³-hybridized carbons (Fsp3) is 0.316. The van der Waals surface area contributed by atoms with Gasteiger partial charge in [-0.2, -0.15) is 0 Å². The van der Waals surface area contributed by atoms with Crippen LogP contribution in [-0.2, 0) is 13.1 Å². The molecule has 1 fully saturated rings. The molecular weight excluding hydrogens is 303 g/mol. The molecule has 3 heterocycles. The number of benzene rings is 1. The fourth-order valence-corrected chi connectivity index (χ4v) is 3.36. The smallest absolute Gasteiger partial charge is 0.137 e. The van der Waals surface area contributed by atoms with Gasteiger partial charge in [0.2, 0.25) is 0 Å². The van der Waals surface area contributed by atoms with Gasteiger partial charge in [-0.1, -0.05) is 12.1 Å². The number of pyridine rings is 1. The van der Waals surface area contributed by atoms with Crippen LogP contribution in [0.4, 0.5) is 10.1 Å². The van der Waals surface area contributed by atoms with Gasteiger partial charge in [0.25, 0.3) is 0 Å². The predicted molar refractivity (Wildman–Crippen MR) is 93.6 cm³/mol. The van der Waals surface area contributed by atoms with E-state index in [0.717, 1.165) is 35.7 Å². The minimum atomic E-state index is -0.137. The summed E-state index contributed by atoms with van der Waals surface area (Å²) in [5.41, 5.74) is 3.66. The molecule has 0 bridgehead atoms. The van der Waals surface area contributed by atoms with Crippen LogP contribution in [0.3, 0.4) is 0 Å². The Balaban J connectivity index is 1.47. The first-order valence-electron chi connectivity index (χ1n) is 8.47. The standard InChI is InChI=1S/C19H21FN4/c20-17-6-5-7-18(23-9-3-4-10-23)16(17)13-21-12-15-14-24-11-2-1-8-19(24)22-15/h1-2,5-8,11,14,21H,3-4,9-10,12-13H2. The van der Waals surface area contributed by atoms with Gasteiger partial charge in [0, 0.05) is 49.8 Å². The number of hydrogen-bond donors (Lipinski definition) is 1. The third-order valence-corrected chi connectivity index (χ3v) is 4.56. The highest BCUT2D eigenvalue weighted by atomic mass is 19.1. The van der Waals surface area contributed by atoms with Crippen molar-refractivity contribution in [3.05, 3.63) is 65.9 Å². The zero-order chi connectivity index (χ0) is 16.4. The lowest BCUT2D eigenvalue weighted by Crippen LogP contribution is -2.22. The molecular formula is C19H21FN4. The summed E-state index contributed by atoms with van der Waals surface area (Å²) < 4.78 is 16.3. The molecule has 124 valence electrons. The van der Waals surface area contributed by atoms with E-state index in [1.165, 1.54) is 12.8 Å². The Kier molecular flexibility index (Phi) is 4.17. The van der Waals surface area contributed by atoms with E-state index in [0.29, 0.717) is 13.1 Å². The lowest BCUT2D eigenvalue weighted by molar-refractivity contribution is 0.585. The number of nitrogens with one attached hydrogen (secondary N) is 1. The zero-order valence-electron chi connectivity index (χ0n) is 13.6. The molecule has 0 aliphatic carbocycles. The zero-order valence-corrected chi connectivity index (χ0v) is 13.6. The number of rotatable bonds is 5. The maximum absolute atomic E-state index is 14.3. The van der Waals surface area contributed by atoms with E-state index in [-0.39, 0.29) is 5.82 Å². The van der Waals surface area contributed by atoms with Crippen LogP contribution in [0.15, 0.2) is 48.8 Å². The summed E-state index contributed by atoms with van der Waals surface area (Å²) in [6, 6.07) is 11.3. The Hall–Kier alpha value is -2.40. The van der Waals surface area contributed by atoms with Gasteiger partial charge in [-0.3, -0.25) is 0 Å². The van der Waals surface area contributed by atoms with Crippen molar-refractivity contribution in [3.63, 3.8) is 0 Å². The van der Waals surface area contributed by atoms with Crippen LogP contribution in [0.25, 0.3) is 5.65 Å². The van der Waals surface area contributed by atoms with Crippen LogP contribution in [-0.4, -0.2) is 22.5 Å². The van der Waals surface area contributed by atoms with E-state index in [2.05, 4.69) is 15.2 Å². The van der Waals surface area contributed by atoms with Gasteiger partial charge in [-0.25, -0.2) is 9.37 Å². The summed E-state index contributed by atoms with van der Waals surface area (Å²) in [7, 11) is 0. The van der Waals surface area contributed by atoms with E-state index in [1.807, 2.05) is 41.1 Å². The summed E-state index contributed by atoms with van der Waals surface area (Å²) in [5, 5.41) is 3.34. The molecule has 1 aliphatic heterocycles. The van der Waals surface area contributed by atoms with Crippen molar-refractivity contribution in [2.75, 3.05) is 18.0 Å². The maximum atomic E-state index is 14.3. The average Bonchev–Trinajstić information content (AvgIpc) is 3.25. The SMILES string of the molecule is Fc1cccc(N2CCCC2)c1CNCc1cn2ccccc2n1. The number of hydrogen-bond acceptors (Lipinski definition) is 3. The van der Waals surface area contributed by atoms with Gasteiger partial charge in [-0.05, 0) is 37.1 Å². The van der Waals surface area contributed by atoms with Crippen LogP contribution in [0.2, 0.25) is 0 Å². The number of nitrogens with zero attached hydrogens (tertiary/aromatic N) is 3. The molecule has 0 amide bonds. The lowest BCUT2D eigenvalue weighted by Gasteiger charge is -2.22. The second kappa shape index (κ2) is 6.61. The minimum absolute atomic E-state index is 0.137. The van der Waals surface area contributed by atoms with Gasteiger partial charge < -0.3 is 14.6 Å². The third kappa shape index (κ3) is 2.99. The van der Waals surface area contributed by atoms with E-state index < -0.39 is 0 Å². The molecule has 3 aromatic rings. The van der Waals surface area contributed by atoms with Crippen molar-refractivity contribution >= 4 is 11.3 Å². The van der Waals surface area contributed by atoms with Crippen molar-refractivity contribution in [2.24, 2.45) is 0 Å². The predicted octanol–water partition coefficient (Wildman–Crippen LogP) is 3.36. The fourth-order valence-electron chi connectivity index (χ4n) is 3.36. The molecule has 2 aromatic heterocycles. The van der Waals surface area contributed by atoms with E-state index >= 15 is 0 Å². The topological polar surface area (TPSA) is 32.6 Å². The first-order valence-corrected chi connectivity index (χ1v) is 8.47. The Bertz CT molecular complexity index is 803. The molecule has 0 spiro atoms. The molecule has 1 aliphatic rings. The molecule has 1 aromatic carbocycles. The van der Waals surface area contributed by atoms with Crippen molar-refractivity contribution < 1.29 is 4.39 Å². The van der Waals surface area contributed by atoms with Gasteiger partial charge in [0.05, 0.1) is 5.69 Å². The largest absolute Gasteiger partial charge is 0.371 e. The van der Waals surface area contributed by atoms with Crippen molar-refractivity contribution in [1.82, 2.24) is 14.7 Å². The van der Waals surface area contributed by atoms with Crippen molar-refractivity contribution in [3.8, 4) is 0 Å². The highest BCUT2D eigenvalue weighted by Gasteiger charge is 2.17. The molecule has 1 N–H and O–H groups in total. The molecule has 4 nitrogen and oxygen atoms in total. The summed E-state index contributed by atoms with van der Waals surface area (Å²) >= 11 is 0. The number of fused-ring (bicyclic) bond motifs is 1. The molecule has 0 saturated carbocycles. The summed E-state index contributed by atoms with van der Waals surface area (Å²) in [6.45, 7) is 3.16. The van der Waals surface area contributed by atoms with E-state index in [9.17, 15) is 4.39 Å².